The summed E-state index contributed by atoms with van der Waals surface area (Å²) in [5.74, 6) is 0.0759. The summed E-state index contributed by atoms with van der Waals surface area (Å²) in [7, 11) is 0. The lowest BCUT2D eigenvalue weighted by Crippen LogP contribution is -2.39. The first-order chi connectivity index (χ1) is 10.3. The molecule has 0 saturated carbocycles. The Morgan fingerprint density at radius 3 is 2.77 bits per heavy atom. The minimum Gasteiger partial charge on any atom is -0.464 e. The highest BCUT2D eigenvalue weighted by molar-refractivity contribution is 5.73. The number of ether oxygens (including phenoxy) is 2. The topological polar surface area (TPSA) is 54.0 Å². The molecule has 0 radical (unpaired) electrons. The molecule has 0 bridgehead atoms. The molecule has 3 fully saturated rings. The third kappa shape index (κ3) is 4.65. The zero-order chi connectivity index (χ0) is 14.5. The van der Waals surface area contributed by atoms with Gasteiger partial charge in [-0.05, 0) is 25.9 Å². The molecule has 0 aromatic carbocycles. The summed E-state index contributed by atoms with van der Waals surface area (Å²) in [5, 5.41) is 3.39. The summed E-state index contributed by atoms with van der Waals surface area (Å²) < 4.78 is 10.8. The minimum atomic E-state index is -0.00304. The minimum absolute atomic E-state index is 0. The van der Waals surface area contributed by atoms with E-state index in [2.05, 4.69) is 15.1 Å². The van der Waals surface area contributed by atoms with Crippen molar-refractivity contribution in [1.82, 2.24) is 15.1 Å². The van der Waals surface area contributed by atoms with Crippen molar-refractivity contribution in [2.75, 3.05) is 65.6 Å². The molecule has 0 aromatic heterocycles. The first kappa shape index (κ1) is 17.7. The van der Waals surface area contributed by atoms with E-state index < -0.39 is 0 Å². The summed E-state index contributed by atoms with van der Waals surface area (Å²) in [4.78, 5) is 16.9. The number of esters is 1. The van der Waals surface area contributed by atoms with Crippen molar-refractivity contribution < 1.29 is 14.3 Å². The zero-order valence-electron chi connectivity index (χ0n) is 12.8. The summed E-state index contributed by atoms with van der Waals surface area (Å²) in [6.45, 7) is 8.92. The first-order valence-electron chi connectivity index (χ1n) is 8.24. The fraction of sp³-hybridized carbons (Fsp3) is 0.938. The zero-order valence-corrected chi connectivity index (χ0v) is 12.8. The van der Waals surface area contributed by atoms with Crippen molar-refractivity contribution in [3.8, 4) is 0 Å². The Balaban J connectivity index is 0.00000176. The van der Waals surface area contributed by atoms with Gasteiger partial charge in [0.05, 0.1) is 19.1 Å². The van der Waals surface area contributed by atoms with Gasteiger partial charge in [-0.2, -0.15) is 0 Å². The van der Waals surface area contributed by atoms with Crippen LogP contribution in [-0.4, -0.2) is 87.4 Å². The van der Waals surface area contributed by atoms with Gasteiger partial charge < -0.3 is 14.8 Å². The van der Waals surface area contributed by atoms with Crippen LogP contribution in [0, 0.1) is 5.92 Å². The number of morpholine rings is 1. The Hall–Kier alpha value is -0.690. The maximum absolute atomic E-state index is 12.1. The fourth-order valence-corrected chi connectivity index (χ4v) is 3.48. The summed E-state index contributed by atoms with van der Waals surface area (Å²) in [6, 6.07) is 0.621. The van der Waals surface area contributed by atoms with E-state index in [9.17, 15) is 4.79 Å². The van der Waals surface area contributed by atoms with Crippen molar-refractivity contribution in [1.29, 1.82) is 0 Å². The third-order valence-corrected chi connectivity index (χ3v) is 4.86. The van der Waals surface area contributed by atoms with Crippen LogP contribution < -0.4 is 5.32 Å². The molecule has 3 saturated heterocycles. The average molecular weight is 313 g/mol. The molecule has 0 spiro atoms. The smallest absolute Gasteiger partial charge is 0.310 e. The summed E-state index contributed by atoms with van der Waals surface area (Å²) in [5.41, 5.74) is 0. The monoisotopic (exact) mass is 313 g/mol. The van der Waals surface area contributed by atoms with Crippen LogP contribution in [-0.2, 0) is 14.3 Å². The van der Waals surface area contributed by atoms with E-state index in [0.29, 0.717) is 12.6 Å². The molecular formula is C16H31N3O3. The van der Waals surface area contributed by atoms with Crippen LogP contribution >= 0.6 is 0 Å². The molecule has 3 aliphatic heterocycles. The second-order valence-corrected chi connectivity index (χ2v) is 6.25. The van der Waals surface area contributed by atoms with Crippen molar-refractivity contribution in [3.05, 3.63) is 0 Å². The maximum atomic E-state index is 12.1. The molecule has 6 heteroatoms. The van der Waals surface area contributed by atoms with Gasteiger partial charge in [-0.1, -0.05) is 7.43 Å². The van der Waals surface area contributed by atoms with Gasteiger partial charge in [0.15, 0.2) is 0 Å². The molecule has 22 heavy (non-hydrogen) atoms. The van der Waals surface area contributed by atoms with Crippen LogP contribution in [0.15, 0.2) is 0 Å². The maximum Gasteiger partial charge on any atom is 0.310 e. The van der Waals surface area contributed by atoms with E-state index in [-0.39, 0.29) is 19.3 Å². The van der Waals surface area contributed by atoms with E-state index in [4.69, 9.17) is 9.47 Å². The number of likely N-dealkylation sites (tertiary alicyclic amines) is 1. The van der Waals surface area contributed by atoms with E-state index in [1.54, 1.807) is 0 Å². The van der Waals surface area contributed by atoms with Crippen LogP contribution in [0.4, 0.5) is 0 Å². The van der Waals surface area contributed by atoms with E-state index >= 15 is 0 Å². The van der Waals surface area contributed by atoms with Gasteiger partial charge in [0, 0.05) is 38.8 Å². The number of carbonyl (C=O) groups excluding carboxylic acids is 1. The van der Waals surface area contributed by atoms with Gasteiger partial charge in [0.25, 0.3) is 0 Å². The Bertz CT molecular complexity index is 342. The SMILES string of the molecule is C.O=C(OCCN1CCOCC1)C1CCN(C2CCNC2)C1. The molecule has 2 unspecified atom stereocenters. The quantitative estimate of drug-likeness (QED) is 0.731. The molecule has 1 N–H and O–H groups in total. The largest absolute Gasteiger partial charge is 0.464 e. The number of rotatable bonds is 5. The molecule has 0 aromatic rings. The summed E-state index contributed by atoms with van der Waals surface area (Å²) in [6.07, 6.45) is 2.16. The highest BCUT2D eigenvalue weighted by Crippen LogP contribution is 2.22. The third-order valence-electron chi connectivity index (χ3n) is 4.86. The second-order valence-electron chi connectivity index (χ2n) is 6.25. The molecule has 128 valence electrons. The van der Waals surface area contributed by atoms with Gasteiger partial charge in [0.1, 0.15) is 6.61 Å². The average Bonchev–Trinajstić information content (AvgIpc) is 3.19. The highest BCUT2D eigenvalue weighted by Gasteiger charge is 2.34. The van der Waals surface area contributed by atoms with Crippen molar-refractivity contribution in [2.45, 2.75) is 26.3 Å². The van der Waals surface area contributed by atoms with Crippen LogP contribution in [0.5, 0.6) is 0 Å². The lowest BCUT2D eigenvalue weighted by Gasteiger charge is -2.26. The van der Waals surface area contributed by atoms with Crippen molar-refractivity contribution in [2.24, 2.45) is 5.92 Å². The van der Waals surface area contributed by atoms with Crippen LogP contribution in [0.2, 0.25) is 0 Å². The van der Waals surface area contributed by atoms with Crippen LogP contribution in [0.25, 0.3) is 0 Å². The Labute approximate surface area is 134 Å². The fourth-order valence-electron chi connectivity index (χ4n) is 3.48. The first-order valence-corrected chi connectivity index (χ1v) is 8.24. The number of nitrogens with one attached hydrogen (secondary N) is 1. The molecule has 0 aliphatic carbocycles. The second kappa shape index (κ2) is 8.82. The lowest BCUT2D eigenvalue weighted by atomic mass is 10.1. The van der Waals surface area contributed by atoms with Crippen molar-refractivity contribution in [3.63, 3.8) is 0 Å². The van der Waals surface area contributed by atoms with Gasteiger partial charge in [-0.25, -0.2) is 0 Å². The van der Waals surface area contributed by atoms with Gasteiger partial charge >= 0.3 is 5.97 Å². The number of hydrogen-bond donors (Lipinski definition) is 1. The number of carbonyl (C=O) groups is 1. The standard InChI is InChI=1S/C15H27N3O3.CH4/c19-15(21-10-7-17-5-8-20-9-6-17)13-2-4-18(12-13)14-1-3-16-11-14;/h13-14,16H,1-12H2;1H4. The van der Waals surface area contributed by atoms with E-state index in [0.717, 1.165) is 65.4 Å². The lowest BCUT2D eigenvalue weighted by molar-refractivity contribution is -0.148. The van der Waals surface area contributed by atoms with Gasteiger partial charge in [0.2, 0.25) is 0 Å². The van der Waals surface area contributed by atoms with E-state index in [1.807, 2.05) is 0 Å². The molecule has 3 rings (SSSR count). The highest BCUT2D eigenvalue weighted by atomic mass is 16.5. The molecule has 6 nitrogen and oxygen atoms in total. The van der Waals surface area contributed by atoms with Gasteiger partial charge in [-0.3, -0.25) is 14.6 Å². The normalized spacial score (nSPS) is 30.2. The summed E-state index contributed by atoms with van der Waals surface area (Å²) >= 11 is 0. The Morgan fingerprint density at radius 2 is 2.05 bits per heavy atom. The number of hydrogen-bond acceptors (Lipinski definition) is 6. The number of nitrogens with zero attached hydrogens (tertiary/aromatic N) is 2. The molecule has 3 aliphatic rings. The Morgan fingerprint density at radius 1 is 1.23 bits per heavy atom. The van der Waals surface area contributed by atoms with Crippen molar-refractivity contribution >= 4 is 5.97 Å². The molecule has 2 atom stereocenters. The molecule has 3 heterocycles. The van der Waals surface area contributed by atoms with Crippen LogP contribution in [0.3, 0.4) is 0 Å². The van der Waals surface area contributed by atoms with Crippen LogP contribution in [0.1, 0.15) is 20.3 Å². The predicted molar refractivity (Wildman–Crippen MR) is 85.9 cm³/mol. The van der Waals surface area contributed by atoms with E-state index in [1.165, 1.54) is 6.42 Å². The van der Waals surface area contributed by atoms with Gasteiger partial charge in [-0.15, -0.1) is 0 Å². The molecular weight excluding hydrogens is 282 g/mol. The predicted octanol–water partition coefficient (Wildman–Crippen LogP) is 0.182. The molecule has 0 amide bonds. The Kier molecular flexibility index (Phi) is 7.08.